The third kappa shape index (κ3) is 3.55. The predicted octanol–water partition coefficient (Wildman–Crippen LogP) is 6.10. The van der Waals surface area contributed by atoms with Gasteiger partial charge in [0.25, 0.3) is 0 Å². The van der Waals surface area contributed by atoms with E-state index in [2.05, 4.69) is 67.0 Å². The highest BCUT2D eigenvalue weighted by Crippen LogP contribution is 2.45. The molecule has 6 heteroatoms. The summed E-state index contributed by atoms with van der Waals surface area (Å²) in [7, 11) is 0. The number of nitrogens with two attached hydrogens (primary N) is 1. The molecule has 0 spiro atoms. The second kappa shape index (κ2) is 7.38. The fourth-order valence-electron chi connectivity index (χ4n) is 2.66. The van der Waals surface area contributed by atoms with Gasteiger partial charge in [0, 0.05) is 20.7 Å². The molecule has 2 aromatic carbocycles. The van der Waals surface area contributed by atoms with E-state index in [1.54, 1.807) is 23.1 Å². The molecular formula is C19H20ClN3S2. The molecule has 1 aliphatic rings. The first-order valence-electron chi connectivity index (χ1n) is 8.01. The Hall–Kier alpha value is -1.53. The summed E-state index contributed by atoms with van der Waals surface area (Å²) in [5.74, 6) is 0.391. The Morgan fingerprint density at radius 3 is 2.60 bits per heavy atom. The van der Waals surface area contributed by atoms with Gasteiger partial charge < -0.3 is 11.1 Å². The molecule has 3 N–H and O–H groups in total. The van der Waals surface area contributed by atoms with Gasteiger partial charge in [-0.05, 0) is 30.2 Å². The van der Waals surface area contributed by atoms with Crippen LogP contribution in [0.1, 0.15) is 24.9 Å². The van der Waals surface area contributed by atoms with E-state index in [0.29, 0.717) is 5.92 Å². The van der Waals surface area contributed by atoms with Crippen molar-refractivity contribution in [2.45, 2.75) is 29.7 Å². The van der Waals surface area contributed by atoms with Crippen LogP contribution in [-0.2, 0) is 0 Å². The van der Waals surface area contributed by atoms with Crippen molar-refractivity contribution >= 4 is 46.9 Å². The maximum absolute atomic E-state index is 6.23. The molecule has 0 bridgehead atoms. The molecule has 0 unspecified atom stereocenters. The number of hydrogen-bond acceptors (Lipinski definition) is 5. The average Bonchev–Trinajstić information content (AvgIpc) is 3.08. The van der Waals surface area contributed by atoms with Crippen LogP contribution in [0, 0.1) is 5.92 Å². The number of benzene rings is 2. The molecule has 1 aliphatic heterocycles. The van der Waals surface area contributed by atoms with Gasteiger partial charge >= 0.3 is 0 Å². The number of para-hydroxylation sites is 1. The Morgan fingerprint density at radius 1 is 1.04 bits per heavy atom. The van der Waals surface area contributed by atoms with Crippen LogP contribution in [0.2, 0.25) is 0 Å². The van der Waals surface area contributed by atoms with Gasteiger partial charge in [-0.1, -0.05) is 43.8 Å². The highest BCUT2D eigenvalue weighted by molar-refractivity contribution is 7.99. The van der Waals surface area contributed by atoms with Crippen LogP contribution in [-0.4, -0.2) is 4.98 Å². The van der Waals surface area contributed by atoms with Crippen LogP contribution in [0.15, 0.2) is 57.6 Å². The van der Waals surface area contributed by atoms with Crippen molar-refractivity contribution in [1.29, 1.82) is 0 Å². The van der Waals surface area contributed by atoms with Crippen LogP contribution in [0.3, 0.4) is 0 Å². The second-order valence-electron chi connectivity index (χ2n) is 6.27. The Labute approximate surface area is 162 Å². The fraction of sp³-hybridized carbons (Fsp3) is 0.211. The lowest BCUT2D eigenvalue weighted by atomic mass is 10.1. The normalized spacial score (nSPS) is 13.4. The number of aromatic nitrogens is 1. The molecule has 25 heavy (non-hydrogen) atoms. The molecule has 0 amide bonds. The van der Waals surface area contributed by atoms with E-state index >= 15 is 0 Å². The van der Waals surface area contributed by atoms with Crippen molar-refractivity contribution in [1.82, 2.24) is 4.98 Å². The zero-order chi connectivity index (χ0) is 16.7. The number of nitrogens with zero attached hydrogens (tertiary/aromatic N) is 1. The summed E-state index contributed by atoms with van der Waals surface area (Å²) in [5.41, 5.74) is 10.6. The summed E-state index contributed by atoms with van der Waals surface area (Å²) in [6, 6.07) is 14.9. The van der Waals surface area contributed by atoms with E-state index in [0.717, 1.165) is 27.6 Å². The molecule has 0 saturated carbocycles. The number of anilines is 2. The van der Waals surface area contributed by atoms with Gasteiger partial charge in [0.15, 0.2) is 0 Å². The zero-order valence-corrected chi connectivity index (χ0v) is 16.5. The van der Waals surface area contributed by atoms with Gasteiger partial charge in [0.05, 0.1) is 23.1 Å². The minimum absolute atomic E-state index is 0. The minimum atomic E-state index is 0. The van der Waals surface area contributed by atoms with E-state index in [1.165, 1.54) is 9.79 Å². The lowest BCUT2D eigenvalue weighted by molar-refractivity contribution is 0.512. The first kappa shape index (κ1) is 18.3. The first-order valence-corrected chi connectivity index (χ1v) is 9.71. The number of nitrogens with one attached hydrogen (secondary N) is 1. The molecule has 0 radical (unpaired) electrons. The molecule has 1 aromatic heterocycles. The van der Waals surface area contributed by atoms with Gasteiger partial charge in [0.2, 0.25) is 0 Å². The molecule has 4 rings (SSSR count). The molecule has 0 aliphatic carbocycles. The standard InChI is InChI=1S/C19H19N3S2.ClH/c1-11(2)18(20)19-22-15(10-23-19)12-7-8-17-14(9-12)21-13-5-3-4-6-16(13)24-17;/h3-11,18,21H,20H2,1-2H3;1H/t18-;/m1./s1. The second-order valence-corrected chi connectivity index (χ2v) is 8.25. The Bertz CT molecular complexity index is 892. The molecule has 2 heterocycles. The summed E-state index contributed by atoms with van der Waals surface area (Å²) >= 11 is 3.45. The highest BCUT2D eigenvalue weighted by atomic mass is 35.5. The monoisotopic (exact) mass is 389 g/mol. The smallest absolute Gasteiger partial charge is 0.110 e. The molecule has 130 valence electrons. The molecule has 0 saturated heterocycles. The molecular weight excluding hydrogens is 370 g/mol. The molecule has 0 fully saturated rings. The van der Waals surface area contributed by atoms with Crippen molar-refractivity contribution in [3.63, 3.8) is 0 Å². The Morgan fingerprint density at radius 2 is 1.80 bits per heavy atom. The van der Waals surface area contributed by atoms with Crippen molar-refractivity contribution in [3.05, 3.63) is 52.9 Å². The maximum Gasteiger partial charge on any atom is 0.110 e. The number of fused-ring (bicyclic) bond motifs is 2. The van der Waals surface area contributed by atoms with Gasteiger partial charge in [0.1, 0.15) is 5.01 Å². The fourth-order valence-corrected chi connectivity index (χ4v) is 4.63. The molecule has 3 nitrogen and oxygen atoms in total. The van der Waals surface area contributed by atoms with Gasteiger partial charge in [-0.25, -0.2) is 4.98 Å². The van der Waals surface area contributed by atoms with Crippen LogP contribution in [0.25, 0.3) is 11.3 Å². The van der Waals surface area contributed by atoms with Gasteiger partial charge in [-0.3, -0.25) is 0 Å². The van der Waals surface area contributed by atoms with Crippen LogP contribution >= 0.6 is 35.5 Å². The van der Waals surface area contributed by atoms with Crippen LogP contribution in [0.4, 0.5) is 11.4 Å². The SMILES string of the molecule is CC(C)[C@@H](N)c1nc(-c2ccc3c(c2)Nc2ccccc2S3)cs1.Cl. The largest absolute Gasteiger partial charge is 0.354 e. The van der Waals surface area contributed by atoms with Crippen molar-refractivity contribution < 1.29 is 0 Å². The van der Waals surface area contributed by atoms with Crippen LogP contribution in [0.5, 0.6) is 0 Å². The topological polar surface area (TPSA) is 50.9 Å². The lowest BCUT2D eigenvalue weighted by Gasteiger charge is -2.21. The van der Waals surface area contributed by atoms with Gasteiger partial charge in [-0.15, -0.1) is 23.7 Å². The third-order valence-corrected chi connectivity index (χ3v) is 6.27. The average molecular weight is 390 g/mol. The summed E-state index contributed by atoms with van der Waals surface area (Å²) in [6.07, 6.45) is 0. The summed E-state index contributed by atoms with van der Waals surface area (Å²) in [5, 5.41) is 6.63. The number of thiazole rings is 1. The quantitative estimate of drug-likeness (QED) is 0.444. The number of halogens is 1. The van der Waals surface area contributed by atoms with E-state index < -0.39 is 0 Å². The van der Waals surface area contributed by atoms with E-state index in [4.69, 9.17) is 10.7 Å². The highest BCUT2D eigenvalue weighted by Gasteiger charge is 2.18. The van der Waals surface area contributed by atoms with Crippen molar-refractivity contribution in [3.8, 4) is 11.3 Å². The van der Waals surface area contributed by atoms with Crippen molar-refractivity contribution in [2.24, 2.45) is 11.7 Å². The molecule has 1 atom stereocenters. The Kier molecular flexibility index (Phi) is 5.39. The summed E-state index contributed by atoms with van der Waals surface area (Å²) < 4.78 is 0. The summed E-state index contributed by atoms with van der Waals surface area (Å²) in [6.45, 7) is 4.26. The van der Waals surface area contributed by atoms with E-state index in [9.17, 15) is 0 Å². The maximum atomic E-state index is 6.23. The van der Waals surface area contributed by atoms with E-state index in [1.807, 2.05) is 0 Å². The van der Waals surface area contributed by atoms with Crippen LogP contribution < -0.4 is 11.1 Å². The first-order chi connectivity index (χ1) is 11.6. The number of rotatable bonds is 3. The zero-order valence-electron chi connectivity index (χ0n) is 14.0. The van der Waals surface area contributed by atoms with Gasteiger partial charge in [-0.2, -0.15) is 0 Å². The van der Waals surface area contributed by atoms with E-state index in [-0.39, 0.29) is 18.4 Å². The lowest BCUT2D eigenvalue weighted by Crippen LogP contribution is -2.16. The Balaban J connectivity index is 0.00000182. The minimum Gasteiger partial charge on any atom is -0.354 e. The number of hydrogen-bond donors (Lipinski definition) is 2. The molecule has 3 aromatic rings. The predicted molar refractivity (Wildman–Crippen MR) is 110 cm³/mol. The third-order valence-electron chi connectivity index (χ3n) is 4.18. The summed E-state index contributed by atoms with van der Waals surface area (Å²) in [4.78, 5) is 7.26. The van der Waals surface area contributed by atoms with Crippen molar-refractivity contribution in [2.75, 3.05) is 5.32 Å².